The smallest absolute Gasteiger partial charge is 0.337 e. The molecule has 0 amide bonds. The molecule has 6 heteroatoms. The standard InChI is InChI=1S/C8H6O4S2/c9-7(10)3-1-2-4(13)6(14)5(3)8(11)12/h1-2,13-14H,(H,9,10)(H,11,12). The lowest BCUT2D eigenvalue weighted by molar-refractivity contribution is 0.0648. The maximum atomic E-state index is 10.8. The topological polar surface area (TPSA) is 74.6 Å². The molecule has 2 N–H and O–H groups in total. The molecule has 74 valence electrons. The van der Waals surface area contributed by atoms with Gasteiger partial charge in [-0.15, -0.1) is 25.3 Å². The molecule has 0 aliphatic rings. The number of carboxylic acid groups (broad SMARTS) is 2. The predicted molar refractivity (Wildman–Crippen MR) is 54.9 cm³/mol. The van der Waals surface area contributed by atoms with E-state index in [-0.39, 0.29) is 16.0 Å². The zero-order chi connectivity index (χ0) is 10.9. The van der Waals surface area contributed by atoms with Crippen LogP contribution in [-0.2, 0) is 0 Å². The molecule has 0 aromatic heterocycles. The van der Waals surface area contributed by atoms with Gasteiger partial charge in [-0.3, -0.25) is 0 Å². The summed E-state index contributed by atoms with van der Waals surface area (Å²) in [6, 6.07) is 2.58. The Morgan fingerprint density at radius 3 is 2.07 bits per heavy atom. The van der Waals surface area contributed by atoms with E-state index in [1.807, 2.05) is 0 Å². The number of thiol groups is 2. The molecule has 0 fully saturated rings. The van der Waals surface area contributed by atoms with Crippen LogP contribution in [0.15, 0.2) is 21.9 Å². The molecule has 0 unspecified atom stereocenters. The van der Waals surface area contributed by atoms with Gasteiger partial charge in [-0.25, -0.2) is 9.59 Å². The van der Waals surface area contributed by atoms with Gasteiger partial charge in [-0.05, 0) is 12.1 Å². The van der Waals surface area contributed by atoms with Crippen molar-refractivity contribution in [2.75, 3.05) is 0 Å². The molecule has 0 radical (unpaired) electrons. The van der Waals surface area contributed by atoms with E-state index in [4.69, 9.17) is 10.2 Å². The van der Waals surface area contributed by atoms with Crippen LogP contribution in [0, 0.1) is 0 Å². The van der Waals surface area contributed by atoms with Gasteiger partial charge >= 0.3 is 11.9 Å². The fourth-order valence-corrected chi connectivity index (χ4v) is 1.45. The van der Waals surface area contributed by atoms with E-state index in [1.165, 1.54) is 12.1 Å². The monoisotopic (exact) mass is 230 g/mol. The van der Waals surface area contributed by atoms with Gasteiger partial charge in [0.1, 0.15) is 0 Å². The lowest BCUT2D eigenvalue weighted by atomic mass is 10.1. The van der Waals surface area contributed by atoms with Gasteiger partial charge < -0.3 is 10.2 Å². The Kier molecular flexibility index (Phi) is 3.07. The van der Waals surface area contributed by atoms with Crippen molar-refractivity contribution in [3.63, 3.8) is 0 Å². The normalized spacial score (nSPS) is 9.86. The maximum absolute atomic E-state index is 10.8. The second-order valence-corrected chi connectivity index (χ2v) is 3.40. The van der Waals surface area contributed by atoms with E-state index in [2.05, 4.69) is 25.3 Å². The molecule has 1 rings (SSSR count). The van der Waals surface area contributed by atoms with Crippen molar-refractivity contribution in [3.8, 4) is 0 Å². The summed E-state index contributed by atoms with van der Waals surface area (Å²) in [4.78, 5) is 21.8. The minimum absolute atomic E-state index is 0.0562. The van der Waals surface area contributed by atoms with Crippen LogP contribution in [0.4, 0.5) is 0 Å². The Bertz CT molecular complexity index is 414. The van der Waals surface area contributed by atoms with E-state index in [0.717, 1.165) is 0 Å². The summed E-state index contributed by atoms with van der Waals surface area (Å²) in [5, 5.41) is 17.5. The Morgan fingerprint density at radius 2 is 1.64 bits per heavy atom. The number of rotatable bonds is 2. The van der Waals surface area contributed by atoms with Crippen molar-refractivity contribution in [2.45, 2.75) is 9.79 Å². The molecule has 0 spiro atoms. The van der Waals surface area contributed by atoms with Gasteiger partial charge in [-0.1, -0.05) is 0 Å². The lowest BCUT2D eigenvalue weighted by Crippen LogP contribution is -2.09. The molecule has 0 saturated carbocycles. The molecule has 0 heterocycles. The molecule has 0 bridgehead atoms. The Hall–Kier alpha value is -1.14. The van der Waals surface area contributed by atoms with Gasteiger partial charge in [-0.2, -0.15) is 0 Å². The summed E-state index contributed by atoms with van der Waals surface area (Å²) < 4.78 is 0. The molecule has 0 aliphatic carbocycles. The molecule has 1 aromatic rings. The summed E-state index contributed by atoms with van der Waals surface area (Å²) >= 11 is 7.84. The number of hydrogen-bond acceptors (Lipinski definition) is 4. The first-order valence-electron chi connectivity index (χ1n) is 3.46. The van der Waals surface area contributed by atoms with Crippen LogP contribution in [0.3, 0.4) is 0 Å². The maximum Gasteiger partial charge on any atom is 0.337 e. The number of hydrogen-bond donors (Lipinski definition) is 4. The van der Waals surface area contributed by atoms with Crippen molar-refractivity contribution < 1.29 is 19.8 Å². The molecule has 4 nitrogen and oxygen atoms in total. The Labute approximate surface area is 90.4 Å². The highest BCUT2D eigenvalue weighted by molar-refractivity contribution is 7.83. The van der Waals surface area contributed by atoms with Crippen molar-refractivity contribution >= 4 is 37.2 Å². The summed E-state index contributed by atoms with van der Waals surface area (Å²) in [5.41, 5.74) is -0.631. The lowest BCUT2D eigenvalue weighted by Gasteiger charge is -2.06. The molecule has 1 aromatic carbocycles. The molecule has 0 saturated heterocycles. The number of aromatic carboxylic acids is 2. The largest absolute Gasteiger partial charge is 0.478 e. The third-order valence-electron chi connectivity index (χ3n) is 1.60. The SMILES string of the molecule is O=C(O)c1ccc(S)c(S)c1C(=O)O. The second-order valence-electron chi connectivity index (χ2n) is 2.47. The van der Waals surface area contributed by atoms with Crippen molar-refractivity contribution in [3.05, 3.63) is 23.3 Å². The molecule has 0 atom stereocenters. The molecular weight excluding hydrogens is 224 g/mol. The quantitative estimate of drug-likeness (QED) is 0.583. The summed E-state index contributed by atoms with van der Waals surface area (Å²) in [6.07, 6.45) is 0. The average Bonchev–Trinajstić information content (AvgIpc) is 2.08. The molecule has 0 aliphatic heterocycles. The number of carboxylic acids is 2. The zero-order valence-electron chi connectivity index (χ0n) is 6.76. The molecular formula is C8H6O4S2. The fraction of sp³-hybridized carbons (Fsp3) is 0. The average molecular weight is 230 g/mol. The first-order chi connectivity index (χ1) is 6.45. The first-order valence-corrected chi connectivity index (χ1v) is 4.36. The van der Waals surface area contributed by atoms with Gasteiger partial charge in [0, 0.05) is 9.79 Å². The van der Waals surface area contributed by atoms with Crippen LogP contribution in [0.1, 0.15) is 20.7 Å². The minimum Gasteiger partial charge on any atom is -0.478 e. The number of benzene rings is 1. The third kappa shape index (κ3) is 1.85. The van der Waals surface area contributed by atoms with Crippen LogP contribution >= 0.6 is 25.3 Å². The van der Waals surface area contributed by atoms with Gasteiger partial charge in [0.25, 0.3) is 0 Å². The summed E-state index contributed by atoms with van der Waals surface area (Å²) in [7, 11) is 0. The van der Waals surface area contributed by atoms with E-state index in [9.17, 15) is 9.59 Å². The van der Waals surface area contributed by atoms with Crippen molar-refractivity contribution in [2.24, 2.45) is 0 Å². The van der Waals surface area contributed by atoms with Crippen LogP contribution < -0.4 is 0 Å². The van der Waals surface area contributed by atoms with E-state index in [0.29, 0.717) is 4.90 Å². The van der Waals surface area contributed by atoms with E-state index >= 15 is 0 Å². The van der Waals surface area contributed by atoms with Crippen molar-refractivity contribution in [1.82, 2.24) is 0 Å². The highest BCUT2D eigenvalue weighted by atomic mass is 32.1. The zero-order valence-corrected chi connectivity index (χ0v) is 8.55. The predicted octanol–water partition coefficient (Wildman–Crippen LogP) is 1.66. The van der Waals surface area contributed by atoms with Crippen molar-refractivity contribution in [1.29, 1.82) is 0 Å². The van der Waals surface area contributed by atoms with Crippen LogP contribution in [-0.4, -0.2) is 22.2 Å². The first kappa shape index (κ1) is 10.9. The molecule has 14 heavy (non-hydrogen) atoms. The van der Waals surface area contributed by atoms with E-state index in [1.54, 1.807) is 0 Å². The fourth-order valence-electron chi connectivity index (χ4n) is 0.975. The minimum atomic E-state index is -1.33. The van der Waals surface area contributed by atoms with Gasteiger partial charge in [0.05, 0.1) is 11.1 Å². The van der Waals surface area contributed by atoms with E-state index < -0.39 is 11.9 Å². The Morgan fingerprint density at radius 1 is 1.07 bits per heavy atom. The third-order valence-corrected chi connectivity index (χ3v) is 2.61. The highest BCUT2D eigenvalue weighted by Crippen LogP contribution is 2.25. The summed E-state index contributed by atoms with van der Waals surface area (Å²) in [6.45, 7) is 0. The van der Waals surface area contributed by atoms with Crippen LogP contribution in [0.5, 0.6) is 0 Å². The summed E-state index contributed by atoms with van der Waals surface area (Å²) in [5.74, 6) is -2.63. The number of carbonyl (C=O) groups is 2. The van der Waals surface area contributed by atoms with Gasteiger partial charge in [0.15, 0.2) is 0 Å². The highest BCUT2D eigenvalue weighted by Gasteiger charge is 2.19. The van der Waals surface area contributed by atoms with Gasteiger partial charge in [0.2, 0.25) is 0 Å². The van der Waals surface area contributed by atoms with Crippen LogP contribution in [0.25, 0.3) is 0 Å². The Balaban J connectivity index is 3.53. The second kappa shape index (κ2) is 3.93. The van der Waals surface area contributed by atoms with Crippen LogP contribution in [0.2, 0.25) is 0 Å².